The lowest BCUT2D eigenvalue weighted by Crippen LogP contribution is -2.18. The van der Waals surface area contributed by atoms with Crippen LogP contribution in [0, 0.1) is 11.7 Å². The van der Waals surface area contributed by atoms with E-state index < -0.39 is 5.82 Å². The quantitative estimate of drug-likeness (QED) is 0.794. The molecule has 1 saturated carbocycles. The summed E-state index contributed by atoms with van der Waals surface area (Å²) in [6, 6.07) is 4.41. The van der Waals surface area contributed by atoms with E-state index in [0.717, 1.165) is 0 Å². The molecule has 19 heavy (non-hydrogen) atoms. The molecule has 0 heterocycles. The van der Waals surface area contributed by atoms with Gasteiger partial charge in [0.1, 0.15) is 0 Å². The predicted octanol–water partition coefficient (Wildman–Crippen LogP) is 3.59. The summed E-state index contributed by atoms with van der Waals surface area (Å²) in [5.41, 5.74) is 0. The molecule has 3 nitrogen and oxygen atoms in total. The number of carbonyl (C=O) groups is 1. The second-order valence-electron chi connectivity index (χ2n) is 4.55. The van der Waals surface area contributed by atoms with Crippen molar-refractivity contribution in [3.8, 4) is 5.75 Å². The zero-order valence-electron chi connectivity index (χ0n) is 10.7. The average molecular weight is 287 g/mol. The Morgan fingerprint density at radius 1 is 1.47 bits per heavy atom. The van der Waals surface area contributed by atoms with Crippen molar-refractivity contribution in [3.05, 3.63) is 29.0 Å². The third-order valence-electron chi connectivity index (χ3n) is 3.21. The molecule has 2 unspecified atom stereocenters. The van der Waals surface area contributed by atoms with E-state index in [1.165, 1.54) is 12.1 Å². The first-order chi connectivity index (χ1) is 9.11. The largest absolute Gasteiger partial charge is 0.486 e. The fourth-order valence-corrected chi connectivity index (χ4v) is 2.49. The molecule has 0 amide bonds. The Labute approximate surface area is 116 Å². The van der Waals surface area contributed by atoms with E-state index in [1.54, 1.807) is 13.0 Å². The van der Waals surface area contributed by atoms with E-state index in [0.29, 0.717) is 25.9 Å². The summed E-state index contributed by atoms with van der Waals surface area (Å²) < 4.78 is 24.1. The molecule has 1 aliphatic carbocycles. The molecule has 1 aromatic rings. The van der Waals surface area contributed by atoms with Crippen LogP contribution in [0.2, 0.25) is 5.02 Å². The van der Waals surface area contributed by atoms with Crippen LogP contribution in [0.3, 0.4) is 0 Å². The van der Waals surface area contributed by atoms with Crippen molar-refractivity contribution in [2.24, 2.45) is 5.92 Å². The molecular formula is C14H16ClFO3. The smallest absolute Gasteiger partial charge is 0.309 e. The van der Waals surface area contributed by atoms with Gasteiger partial charge in [0.2, 0.25) is 0 Å². The minimum absolute atomic E-state index is 0.0682. The number of carbonyl (C=O) groups excluding carboxylic acids is 1. The summed E-state index contributed by atoms with van der Waals surface area (Å²) in [7, 11) is 0. The normalized spacial score (nSPS) is 22.3. The predicted molar refractivity (Wildman–Crippen MR) is 69.8 cm³/mol. The zero-order chi connectivity index (χ0) is 13.8. The summed E-state index contributed by atoms with van der Waals surface area (Å²) in [6.07, 6.45) is 1.76. The standard InChI is InChI=1S/C14H16ClFO3/c1-2-18-14(17)9-6-7-10(8-9)19-13-11(15)4-3-5-12(13)16/h3-5,9-10H,2,6-8H2,1H3. The van der Waals surface area contributed by atoms with Crippen molar-refractivity contribution in [1.29, 1.82) is 0 Å². The van der Waals surface area contributed by atoms with Crippen LogP contribution in [0.4, 0.5) is 4.39 Å². The number of ether oxygens (including phenoxy) is 2. The first kappa shape index (κ1) is 14.1. The van der Waals surface area contributed by atoms with Gasteiger partial charge in [0, 0.05) is 0 Å². The summed E-state index contributed by atoms with van der Waals surface area (Å²) in [6.45, 7) is 2.15. The third kappa shape index (κ3) is 3.38. The van der Waals surface area contributed by atoms with Crippen LogP contribution in [0.25, 0.3) is 0 Å². The van der Waals surface area contributed by atoms with Gasteiger partial charge in [-0.25, -0.2) is 4.39 Å². The van der Waals surface area contributed by atoms with E-state index in [9.17, 15) is 9.18 Å². The van der Waals surface area contributed by atoms with Crippen LogP contribution in [-0.4, -0.2) is 18.7 Å². The van der Waals surface area contributed by atoms with Crippen molar-refractivity contribution >= 4 is 17.6 Å². The van der Waals surface area contributed by atoms with Gasteiger partial charge in [-0.15, -0.1) is 0 Å². The Hall–Kier alpha value is -1.29. The van der Waals surface area contributed by atoms with Gasteiger partial charge >= 0.3 is 5.97 Å². The number of rotatable bonds is 4. The van der Waals surface area contributed by atoms with E-state index in [1.807, 2.05) is 0 Å². The molecule has 0 saturated heterocycles. The molecule has 0 radical (unpaired) electrons. The van der Waals surface area contributed by atoms with Gasteiger partial charge in [-0.2, -0.15) is 0 Å². The van der Waals surface area contributed by atoms with Crippen LogP contribution < -0.4 is 4.74 Å². The fraction of sp³-hybridized carbons (Fsp3) is 0.500. The Morgan fingerprint density at radius 3 is 2.95 bits per heavy atom. The molecule has 0 N–H and O–H groups in total. The third-order valence-corrected chi connectivity index (χ3v) is 3.51. The van der Waals surface area contributed by atoms with E-state index in [4.69, 9.17) is 21.1 Å². The highest BCUT2D eigenvalue weighted by Gasteiger charge is 2.32. The maximum absolute atomic E-state index is 13.6. The monoisotopic (exact) mass is 286 g/mol. The number of hydrogen-bond acceptors (Lipinski definition) is 3. The number of para-hydroxylation sites is 1. The molecular weight excluding hydrogens is 271 g/mol. The SMILES string of the molecule is CCOC(=O)C1CCC(Oc2c(F)cccc2Cl)C1. The van der Waals surface area contributed by atoms with Gasteiger partial charge < -0.3 is 9.47 Å². The molecule has 2 atom stereocenters. The Morgan fingerprint density at radius 2 is 2.26 bits per heavy atom. The van der Waals surface area contributed by atoms with Crippen molar-refractivity contribution in [2.75, 3.05) is 6.61 Å². The molecule has 0 aromatic heterocycles. The van der Waals surface area contributed by atoms with Crippen LogP contribution >= 0.6 is 11.6 Å². The molecule has 0 aliphatic heterocycles. The van der Waals surface area contributed by atoms with Gasteiger partial charge in [0.25, 0.3) is 0 Å². The maximum atomic E-state index is 13.6. The Bertz CT molecular complexity index is 444. The number of esters is 1. The molecule has 5 heteroatoms. The van der Waals surface area contributed by atoms with Crippen molar-refractivity contribution in [1.82, 2.24) is 0 Å². The van der Waals surface area contributed by atoms with Gasteiger partial charge in [-0.1, -0.05) is 17.7 Å². The lowest BCUT2D eigenvalue weighted by molar-refractivity contribution is -0.147. The van der Waals surface area contributed by atoms with Gasteiger partial charge in [-0.05, 0) is 38.3 Å². The zero-order valence-corrected chi connectivity index (χ0v) is 11.5. The molecule has 1 aliphatic rings. The van der Waals surface area contributed by atoms with Gasteiger partial charge in [0.15, 0.2) is 11.6 Å². The Balaban J connectivity index is 1.97. The average Bonchev–Trinajstić information content (AvgIpc) is 2.83. The van der Waals surface area contributed by atoms with Crippen LogP contribution in [0.1, 0.15) is 26.2 Å². The fourth-order valence-electron chi connectivity index (χ4n) is 2.28. The summed E-state index contributed by atoms with van der Waals surface area (Å²) >= 11 is 5.90. The second-order valence-corrected chi connectivity index (χ2v) is 4.96. The first-order valence-electron chi connectivity index (χ1n) is 6.39. The molecule has 1 aromatic carbocycles. The highest BCUT2D eigenvalue weighted by molar-refractivity contribution is 6.32. The highest BCUT2D eigenvalue weighted by Crippen LogP contribution is 2.34. The highest BCUT2D eigenvalue weighted by atomic mass is 35.5. The van der Waals surface area contributed by atoms with Crippen molar-refractivity contribution in [2.45, 2.75) is 32.3 Å². The van der Waals surface area contributed by atoms with E-state index >= 15 is 0 Å². The van der Waals surface area contributed by atoms with Gasteiger partial charge in [0.05, 0.1) is 23.7 Å². The van der Waals surface area contributed by atoms with Gasteiger partial charge in [-0.3, -0.25) is 4.79 Å². The molecule has 1 fully saturated rings. The summed E-state index contributed by atoms with van der Waals surface area (Å²) in [5, 5.41) is 0.250. The maximum Gasteiger partial charge on any atom is 0.309 e. The second kappa shape index (κ2) is 6.24. The number of benzene rings is 1. The van der Waals surface area contributed by atoms with E-state index in [2.05, 4.69) is 0 Å². The topological polar surface area (TPSA) is 35.5 Å². The van der Waals surface area contributed by atoms with E-state index in [-0.39, 0.29) is 28.8 Å². The number of hydrogen-bond donors (Lipinski definition) is 0. The Kier molecular flexibility index (Phi) is 4.64. The van der Waals surface area contributed by atoms with Crippen LogP contribution in [0.5, 0.6) is 5.75 Å². The van der Waals surface area contributed by atoms with Crippen molar-refractivity contribution < 1.29 is 18.7 Å². The lowest BCUT2D eigenvalue weighted by atomic mass is 10.1. The summed E-state index contributed by atoms with van der Waals surface area (Å²) in [5.74, 6) is -0.769. The summed E-state index contributed by atoms with van der Waals surface area (Å²) in [4.78, 5) is 11.6. The molecule has 104 valence electrons. The lowest BCUT2D eigenvalue weighted by Gasteiger charge is -2.15. The molecule has 0 spiro atoms. The number of halogens is 2. The van der Waals surface area contributed by atoms with Crippen LogP contribution in [0.15, 0.2) is 18.2 Å². The molecule has 0 bridgehead atoms. The minimum Gasteiger partial charge on any atom is -0.486 e. The first-order valence-corrected chi connectivity index (χ1v) is 6.77. The molecule has 2 rings (SSSR count). The van der Waals surface area contributed by atoms with Crippen LogP contribution in [-0.2, 0) is 9.53 Å². The van der Waals surface area contributed by atoms with Crippen molar-refractivity contribution in [3.63, 3.8) is 0 Å². The minimum atomic E-state index is -0.480.